The summed E-state index contributed by atoms with van der Waals surface area (Å²) >= 11 is 3.36. The molecule has 0 saturated heterocycles. The maximum atomic E-state index is 10.9. The van der Waals surface area contributed by atoms with Gasteiger partial charge in [0, 0.05) is 114 Å². The van der Waals surface area contributed by atoms with Gasteiger partial charge < -0.3 is 30.2 Å². The molecule has 2 fully saturated rings. The molecule has 2 aliphatic rings. The molecule has 6 N–H and O–H groups in total. The Balaban J connectivity index is 0.000000240. The summed E-state index contributed by atoms with van der Waals surface area (Å²) in [6.45, 7) is 0. The summed E-state index contributed by atoms with van der Waals surface area (Å²) in [4.78, 5) is 27.6. The third-order valence-electron chi connectivity index (χ3n) is 8.35. The van der Waals surface area contributed by atoms with E-state index in [9.17, 15) is 9.59 Å². The molecule has 2 aliphatic carbocycles. The van der Waals surface area contributed by atoms with Crippen LogP contribution in [0.5, 0.6) is 0 Å². The molecule has 2 heterocycles. The minimum absolute atomic E-state index is 0. The van der Waals surface area contributed by atoms with E-state index in [0.717, 1.165) is 50.2 Å². The number of H-pyrrole nitrogens is 2. The van der Waals surface area contributed by atoms with Crippen LogP contribution in [0.1, 0.15) is 86.8 Å². The second-order valence-electron chi connectivity index (χ2n) is 11.4. The Morgan fingerprint density at radius 1 is 0.727 bits per heavy atom. The van der Waals surface area contributed by atoms with Crippen molar-refractivity contribution in [3.05, 3.63) is 70.0 Å². The molecule has 2 aromatic heterocycles. The first-order chi connectivity index (χ1) is 20.2. The Kier molecular flexibility index (Phi) is 18.0. The molecular weight excluding hydrogens is 679 g/mol. The van der Waals surface area contributed by atoms with Gasteiger partial charge in [0.1, 0.15) is 0 Å². The van der Waals surface area contributed by atoms with Crippen LogP contribution in [-0.2, 0) is 22.4 Å². The quantitative estimate of drug-likeness (QED) is 0.116. The van der Waals surface area contributed by atoms with Gasteiger partial charge >= 0.3 is 19.1 Å². The van der Waals surface area contributed by atoms with E-state index >= 15 is 0 Å². The maximum absolute atomic E-state index is 10.9. The number of fused-ring (bicyclic) bond motifs is 2. The summed E-state index contributed by atoms with van der Waals surface area (Å²) in [6, 6.07) is 12.2. The summed E-state index contributed by atoms with van der Waals surface area (Å²) in [6.07, 6.45) is 15.8. The van der Waals surface area contributed by atoms with Crippen LogP contribution in [0.3, 0.4) is 0 Å². The fourth-order valence-electron chi connectivity index (χ4n) is 6.09. The first-order valence-corrected chi connectivity index (χ1v) is 15.7. The molecule has 2 aromatic carbocycles. The Hall–Kier alpha value is -0.556. The molecule has 44 heavy (non-hydrogen) atoms. The van der Waals surface area contributed by atoms with E-state index in [2.05, 4.69) is 44.1 Å². The van der Waals surface area contributed by atoms with Crippen LogP contribution in [0.2, 0.25) is 5.82 Å². The van der Waals surface area contributed by atoms with Crippen molar-refractivity contribution in [1.82, 2.24) is 9.97 Å². The minimum atomic E-state index is -1.06. The normalized spacial score (nSPS) is 15.2. The average Bonchev–Trinajstić information content (AvgIpc) is 3.57. The summed E-state index contributed by atoms with van der Waals surface area (Å²) in [5, 5.41) is 37.1. The van der Waals surface area contributed by atoms with E-state index in [4.69, 9.17) is 20.3 Å². The van der Waals surface area contributed by atoms with Crippen LogP contribution >= 0.6 is 15.9 Å². The topological polar surface area (TPSA) is 147 Å². The van der Waals surface area contributed by atoms with E-state index in [1.54, 1.807) is 6.20 Å². The number of hydrogen-bond acceptors (Lipinski definition) is 4. The Morgan fingerprint density at radius 3 is 1.68 bits per heavy atom. The van der Waals surface area contributed by atoms with Crippen LogP contribution < -0.4 is 0 Å². The minimum Gasteiger partial charge on any atom is -0.481 e. The van der Waals surface area contributed by atoms with Gasteiger partial charge in [-0.25, -0.2) is 0 Å². The molecule has 4 aromatic rings. The van der Waals surface area contributed by atoms with Crippen LogP contribution in [0.15, 0.2) is 53.3 Å². The number of aliphatic carboxylic acids is 2. The first kappa shape index (κ1) is 39.6. The number of halogens is 1. The number of rotatable bonds is 6. The van der Waals surface area contributed by atoms with Gasteiger partial charge in [0.25, 0.3) is 0 Å². The van der Waals surface area contributed by atoms with Crippen LogP contribution in [0, 0.1) is 75.5 Å². The summed E-state index contributed by atoms with van der Waals surface area (Å²) in [7, 11) is -1.06. The van der Waals surface area contributed by atoms with Gasteiger partial charge in [-0.05, 0) is 71.6 Å². The maximum Gasteiger partial charge on any atom is 0.454 e. The number of carboxylic acid groups (broad SMARTS) is 2. The van der Waals surface area contributed by atoms with Gasteiger partial charge in [-0.3, -0.25) is 9.59 Å². The van der Waals surface area contributed by atoms with E-state index < -0.39 is 19.1 Å². The van der Waals surface area contributed by atoms with Gasteiger partial charge in [0.15, 0.2) is 0 Å². The Bertz CT molecular complexity index is 1480. The van der Waals surface area contributed by atoms with Crippen LogP contribution in [0.4, 0.5) is 0 Å². The standard InChI is InChI=1S/C16H19NO2.C10H8BrNO2.C6H13BO2.2Ar/c18-16(19)9-13-10-17-15-7-6-12(8-14(13)15)11-4-2-1-3-5-11;11-7-1-2-9-8(4-7)6(5-12-9)3-10(13)14;8-7(9)6-4-2-1-3-5-6;;/h6-8,10-11,17H,1-5,9H2,(H,18,19);1-2,4-5,12H,3H2,(H,13,14);6,8-9H,1-5H2;;. The number of benzene rings is 2. The zero-order valence-corrected chi connectivity index (χ0v) is 27.5. The van der Waals surface area contributed by atoms with E-state index in [1.807, 2.05) is 24.4 Å². The van der Waals surface area contributed by atoms with E-state index in [1.165, 1.54) is 56.9 Å². The van der Waals surface area contributed by atoms with Gasteiger partial charge in [0.05, 0.1) is 12.8 Å². The molecule has 0 bridgehead atoms. The fraction of sp³-hybridized carbons (Fsp3) is 0.438. The molecule has 0 atom stereocenters. The van der Waals surface area contributed by atoms with Gasteiger partial charge in [-0.1, -0.05) is 73.4 Å². The first-order valence-electron chi connectivity index (χ1n) is 14.9. The predicted octanol–water partition coefficient (Wildman–Crippen LogP) is 7.19. The largest absolute Gasteiger partial charge is 0.481 e. The smallest absolute Gasteiger partial charge is 0.454 e. The number of hydrogen-bond donors (Lipinski definition) is 6. The van der Waals surface area contributed by atoms with Crippen molar-refractivity contribution in [2.24, 2.45) is 0 Å². The zero-order valence-electron chi connectivity index (χ0n) is 24.5. The second kappa shape index (κ2) is 20.0. The van der Waals surface area contributed by atoms with Crippen molar-refractivity contribution >= 4 is 56.8 Å². The SMILES string of the molecule is O=C(O)Cc1c[nH]c2ccc(Br)cc12.O=C(O)Cc1c[nH]c2ccc(C3CCCCC3)cc12.OB(O)C1CCCCC1.[Ar].[Ar]. The van der Waals surface area contributed by atoms with E-state index in [-0.39, 0.29) is 94.1 Å². The predicted molar refractivity (Wildman–Crippen MR) is 170 cm³/mol. The second-order valence-corrected chi connectivity index (χ2v) is 12.3. The summed E-state index contributed by atoms with van der Waals surface area (Å²) in [5.74, 6) is -0.765. The summed E-state index contributed by atoms with van der Waals surface area (Å²) < 4.78 is 0.955. The van der Waals surface area contributed by atoms with Gasteiger partial charge in [0.2, 0.25) is 0 Å². The Labute approximate surface area is 327 Å². The molecule has 0 radical (unpaired) electrons. The van der Waals surface area contributed by atoms with Crippen molar-refractivity contribution in [3.63, 3.8) is 0 Å². The average molecular weight is 719 g/mol. The molecule has 0 amide bonds. The molecule has 0 unspecified atom stereocenters. The molecular formula is C32H40Ar2BBrN2O6. The molecule has 0 spiro atoms. The molecule has 2 saturated carbocycles. The van der Waals surface area contributed by atoms with Crippen molar-refractivity contribution in [2.45, 2.75) is 88.8 Å². The number of aromatic amines is 2. The van der Waals surface area contributed by atoms with Crippen molar-refractivity contribution < 1.29 is 105 Å². The molecule has 0 aliphatic heterocycles. The monoisotopic (exact) mass is 718 g/mol. The number of carboxylic acids is 2. The number of aromatic nitrogens is 2. The van der Waals surface area contributed by atoms with Gasteiger partial charge in [-0.15, -0.1) is 0 Å². The third kappa shape index (κ3) is 11.9. The van der Waals surface area contributed by atoms with Crippen molar-refractivity contribution in [1.29, 1.82) is 0 Å². The summed E-state index contributed by atoms with van der Waals surface area (Å²) in [5.41, 5.74) is 5.08. The fourth-order valence-corrected chi connectivity index (χ4v) is 6.45. The third-order valence-corrected chi connectivity index (χ3v) is 8.85. The molecule has 8 nitrogen and oxygen atoms in total. The van der Waals surface area contributed by atoms with Gasteiger partial charge in [-0.2, -0.15) is 0 Å². The molecule has 6 rings (SSSR count). The van der Waals surface area contributed by atoms with Crippen LogP contribution in [0.25, 0.3) is 21.8 Å². The number of nitrogens with one attached hydrogen (secondary N) is 2. The van der Waals surface area contributed by atoms with E-state index in [0.29, 0.717) is 5.92 Å². The van der Waals surface area contributed by atoms with Crippen LogP contribution in [-0.4, -0.2) is 49.3 Å². The Morgan fingerprint density at radius 2 is 1.20 bits per heavy atom. The molecule has 240 valence electrons. The zero-order chi connectivity index (χ0) is 30.1. The van der Waals surface area contributed by atoms with Crippen molar-refractivity contribution in [3.8, 4) is 0 Å². The van der Waals surface area contributed by atoms with Crippen molar-refractivity contribution in [2.75, 3.05) is 0 Å². The molecule has 12 heteroatoms. The number of carbonyl (C=O) groups is 2.